The molecule has 0 aliphatic rings. The molecule has 0 radical (unpaired) electrons. The molecule has 0 spiro atoms. The molecule has 4 heteroatoms. The predicted molar refractivity (Wildman–Crippen MR) is 89.1 cm³/mol. The number of rotatable bonds is 5. The number of amides is 1. The SMILES string of the molecule is CC(Cc1ccc(Br)cc1)NC(=O)c1ccc(CN)cc1. The highest BCUT2D eigenvalue weighted by Gasteiger charge is 2.10. The fourth-order valence-corrected chi connectivity index (χ4v) is 2.39. The van der Waals surface area contributed by atoms with Crippen LogP contribution in [0.2, 0.25) is 0 Å². The van der Waals surface area contributed by atoms with E-state index in [2.05, 4.69) is 33.4 Å². The number of halogens is 1. The summed E-state index contributed by atoms with van der Waals surface area (Å²) < 4.78 is 1.06. The van der Waals surface area contributed by atoms with Gasteiger partial charge in [0.05, 0.1) is 0 Å². The van der Waals surface area contributed by atoms with Gasteiger partial charge < -0.3 is 11.1 Å². The van der Waals surface area contributed by atoms with Crippen molar-refractivity contribution in [1.82, 2.24) is 5.32 Å². The molecule has 110 valence electrons. The third-order valence-corrected chi connectivity index (χ3v) is 3.81. The van der Waals surface area contributed by atoms with Crippen LogP contribution in [-0.4, -0.2) is 11.9 Å². The highest BCUT2D eigenvalue weighted by atomic mass is 79.9. The Hall–Kier alpha value is -1.65. The first-order valence-electron chi connectivity index (χ1n) is 6.93. The maximum absolute atomic E-state index is 12.1. The molecule has 0 saturated carbocycles. The van der Waals surface area contributed by atoms with E-state index in [1.165, 1.54) is 5.56 Å². The summed E-state index contributed by atoms with van der Waals surface area (Å²) in [5, 5.41) is 3.01. The number of carbonyl (C=O) groups excluding carboxylic acids is 1. The topological polar surface area (TPSA) is 55.1 Å². The summed E-state index contributed by atoms with van der Waals surface area (Å²) in [6, 6.07) is 15.6. The van der Waals surface area contributed by atoms with Crippen molar-refractivity contribution in [2.75, 3.05) is 0 Å². The third kappa shape index (κ3) is 4.69. The van der Waals surface area contributed by atoms with Gasteiger partial charge in [0.2, 0.25) is 0 Å². The zero-order valence-corrected chi connectivity index (χ0v) is 13.6. The molecule has 0 aromatic heterocycles. The van der Waals surface area contributed by atoms with Crippen molar-refractivity contribution in [2.24, 2.45) is 5.73 Å². The van der Waals surface area contributed by atoms with Crippen molar-refractivity contribution in [3.8, 4) is 0 Å². The minimum Gasteiger partial charge on any atom is -0.349 e. The first-order valence-corrected chi connectivity index (χ1v) is 7.72. The van der Waals surface area contributed by atoms with Gasteiger partial charge in [0.15, 0.2) is 0 Å². The smallest absolute Gasteiger partial charge is 0.251 e. The van der Waals surface area contributed by atoms with Crippen LogP contribution < -0.4 is 11.1 Å². The minimum atomic E-state index is -0.0526. The summed E-state index contributed by atoms with van der Waals surface area (Å²) in [6.45, 7) is 2.50. The molecule has 0 heterocycles. The van der Waals surface area contributed by atoms with E-state index in [1.54, 1.807) is 0 Å². The summed E-state index contributed by atoms with van der Waals surface area (Å²) in [5.74, 6) is -0.0526. The van der Waals surface area contributed by atoms with Crippen LogP contribution in [-0.2, 0) is 13.0 Å². The lowest BCUT2D eigenvalue weighted by molar-refractivity contribution is 0.0940. The molecule has 2 aromatic carbocycles. The predicted octanol–water partition coefficient (Wildman–Crippen LogP) is 3.27. The van der Waals surface area contributed by atoms with Crippen molar-refractivity contribution >= 4 is 21.8 Å². The second-order valence-electron chi connectivity index (χ2n) is 5.11. The zero-order valence-electron chi connectivity index (χ0n) is 12.0. The average Bonchev–Trinajstić information content (AvgIpc) is 2.49. The van der Waals surface area contributed by atoms with Crippen molar-refractivity contribution in [3.05, 3.63) is 69.7 Å². The number of hydrogen-bond acceptors (Lipinski definition) is 2. The minimum absolute atomic E-state index is 0.0526. The maximum Gasteiger partial charge on any atom is 0.251 e. The molecule has 0 aliphatic heterocycles. The Balaban J connectivity index is 1.93. The van der Waals surface area contributed by atoms with E-state index in [-0.39, 0.29) is 11.9 Å². The largest absolute Gasteiger partial charge is 0.349 e. The molecule has 1 atom stereocenters. The first kappa shape index (κ1) is 15.7. The molecule has 21 heavy (non-hydrogen) atoms. The van der Waals surface area contributed by atoms with E-state index in [4.69, 9.17) is 5.73 Å². The van der Waals surface area contributed by atoms with E-state index in [1.807, 2.05) is 43.3 Å². The van der Waals surface area contributed by atoms with Gasteiger partial charge in [-0.05, 0) is 48.7 Å². The highest BCUT2D eigenvalue weighted by molar-refractivity contribution is 9.10. The Kier molecular flexibility index (Phi) is 5.53. The fourth-order valence-electron chi connectivity index (χ4n) is 2.12. The molecule has 1 unspecified atom stereocenters. The lowest BCUT2D eigenvalue weighted by Crippen LogP contribution is -2.34. The Bertz CT molecular complexity index is 593. The molecule has 0 aliphatic carbocycles. The van der Waals surface area contributed by atoms with E-state index in [0.29, 0.717) is 12.1 Å². The second-order valence-corrected chi connectivity index (χ2v) is 6.02. The number of hydrogen-bond donors (Lipinski definition) is 2. The Labute approximate surface area is 133 Å². The highest BCUT2D eigenvalue weighted by Crippen LogP contribution is 2.12. The van der Waals surface area contributed by atoms with Gasteiger partial charge in [-0.15, -0.1) is 0 Å². The standard InChI is InChI=1S/C17H19BrN2O/c1-12(10-13-4-8-16(18)9-5-13)20-17(21)15-6-2-14(11-19)3-7-15/h2-9,12H,10-11,19H2,1H3,(H,20,21). The summed E-state index contributed by atoms with van der Waals surface area (Å²) >= 11 is 3.42. The van der Waals surface area contributed by atoms with Gasteiger partial charge in [-0.1, -0.05) is 40.2 Å². The normalized spacial score (nSPS) is 12.0. The summed E-state index contributed by atoms with van der Waals surface area (Å²) in [4.78, 5) is 12.1. The van der Waals surface area contributed by atoms with Crippen molar-refractivity contribution in [1.29, 1.82) is 0 Å². The van der Waals surface area contributed by atoms with Crippen LogP contribution in [0.1, 0.15) is 28.4 Å². The lowest BCUT2D eigenvalue weighted by atomic mass is 10.1. The zero-order chi connectivity index (χ0) is 15.2. The van der Waals surface area contributed by atoms with Gasteiger partial charge in [-0.3, -0.25) is 4.79 Å². The summed E-state index contributed by atoms with van der Waals surface area (Å²) in [5.41, 5.74) is 8.43. The monoisotopic (exact) mass is 346 g/mol. The van der Waals surface area contributed by atoms with Crippen LogP contribution in [0.15, 0.2) is 53.0 Å². The van der Waals surface area contributed by atoms with Gasteiger partial charge in [0, 0.05) is 22.6 Å². The van der Waals surface area contributed by atoms with Gasteiger partial charge in [0.25, 0.3) is 5.91 Å². The molecule has 0 saturated heterocycles. The molecule has 1 amide bonds. The quantitative estimate of drug-likeness (QED) is 0.872. The molecule has 2 rings (SSSR count). The second kappa shape index (κ2) is 7.38. The third-order valence-electron chi connectivity index (χ3n) is 3.28. The lowest BCUT2D eigenvalue weighted by Gasteiger charge is -2.14. The fraction of sp³-hybridized carbons (Fsp3) is 0.235. The Morgan fingerprint density at radius 2 is 1.67 bits per heavy atom. The summed E-state index contributed by atoms with van der Waals surface area (Å²) in [6.07, 6.45) is 0.805. The summed E-state index contributed by atoms with van der Waals surface area (Å²) in [7, 11) is 0. The molecular formula is C17H19BrN2O. The van der Waals surface area contributed by atoms with Crippen LogP contribution in [0.3, 0.4) is 0 Å². The van der Waals surface area contributed by atoms with E-state index in [9.17, 15) is 4.79 Å². The van der Waals surface area contributed by atoms with Crippen LogP contribution in [0.25, 0.3) is 0 Å². The molecule has 3 nitrogen and oxygen atoms in total. The Morgan fingerprint density at radius 3 is 2.24 bits per heavy atom. The number of carbonyl (C=O) groups is 1. The van der Waals surface area contributed by atoms with Crippen molar-refractivity contribution in [3.63, 3.8) is 0 Å². The average molecular weight is 347 g/mol. The van der Waals surface area contributed by atoms with Gasteiger partial charge in [-0.2, -0.15) is 0 Å². The number of benzene rings is 2. The molecule has 3 N–H and O–H groups in total. The molecule has 2 aromatic rings. The van der Waals surface area contributed by atoms with Crippen molar-refractivity contribution < 1.29 is 4.79 Å². The molecule has 0 bridgehead atoms. The van der Waals surface area contributed by atoms with E-state index >= 15 is 0 Å². The number of nitrogens with one attached hydrogen (secondary N) is 1. The van der Waals surface area contributed by atoms with Crippen LogP contribution >= 0.6 is 15.9 Å². The first-order chi connectivity index (χ1) is 10.1. The van der Waals surface area contributed by atoms with Crippen molar-refractivity contribution in [2.45, 2.75) is 25.9 Å². The van der Waals surface area contributed by atoms with Crippen LogP contribution in [0.4, 0.5) is 0 Å². The number of nitrogens with two attached hydrogens (primary N) is 1. The molecular weight excluding hydrogens is 328 g/mol. The molecule has 0 fully saturated rings. The van der Waals surface area contributed by atoms with E-state index < -0.39 is 0 Å². The van der Waals surface area contributed by atoms with Crippen LogP contribution in [0, 0.1) is 0 Å². The van der Waals surface area contributed by atoms with Gasteiger partial charge in [0.1, 0.15) is 0 Å². The van der Waals surface area contributed by atoms with E-state index in [0.717, 1.165) is 16.5 Å². The van der Waals surface area contributed by atoms with Gasteiger partial charge in [-0.25, -0.2) is 0 Å². The maximum atomic E-state index is 12.1. The Morgan fingerprint density at radius 1 is 1.10 bits per heavy atom. The van der Waals surface area contributed by atoms with Crippen LogP contribution in [0.5, 0.6) is 0 Å². The van der Waals surface area contributed by atoms with Gasteiger partial charge >= 0.3 is 0 Å².